The van der Waals surface area contributed by atoms with Crippen molar-refractivity contribution in [2.24, 2.45) is 0 Å². The van der Waals surface area contributed by atoms with Crippen molar-refractivity contribution in [3.8, 4) is 0 Å². The fourth-order valence-corrected chi connectivity index (χ4v) is 4.10. The first-order valence-corrected chi connectivity index (χ1v) is 11.4. The molecule has 174 valence electrons. The number of nitrogens with one attached hydrogen (secondary N) is 3. The second-order valence-electron chi connectivity index (χ2n) is 8.45. The van der Waals surface area contributed by atoms with Gasteiger partial charge in [0.15, 0.2) is 5.82 Å². The van der Waals surface area contributed by atoms with Crippen molar-refractivity contribution in [2.45, 2.75) is 25.8 Å². The highest BCUT2D eigenvalue weighted by Crippen LogP contribution is 2.27. The summed E-state index contributed by atoms with van der Waals surface area (Å²) in [5.41, 5.74) is 2.54. The van der Waals surface area contributed by atoms with Crippen LogP contribution in [0.4, 0.5) is 26.5 Å². The van der Waals surface area contributed by atoms with Gasteiger partial charge in [-0.2, -0.15) is 0 Å². The fraction of sp³-hybridized carbons (Fsp3) is 0.360. The van der Waals surface area contributed by atoms with Crippen LogP contribution in [0.1, 0.15) is 18.9 Å². The summed E-state index contributed by atoms with van der Waals surface area (Å²) in [6, 6.07) is 10.7. The molecule has 0 bridgehead atoms. The molecule has 2 aliphatic rings. The largest absolute Gasteiger partial charge is 0.368 e. The van der Waals surface area contributed by atoms with Crippen molar-refractivity contribution in [1.82, 2.24) is 15.2 Å². The minimum Gasteiger partial charge on any atom is -0.368 e. The van der Waals surface area contributed by atoms with E-state index in [4.69, 9.17) is 4.98 Å². The Morgan fingerprint density at radius 3 is 2.91 bits per heavy atom. The number of hydrogen-bond donors (Lipinski definition) is 3. The number of carbonyl (C=O) groups is 1. The third-order valence-corrected chi connectivity index (χ3v) is 5.94. The Hall–Kier alpha value is -3.39. The van der Waals surface area contributed by atoms with Crippen LogP contribution in [0.5, 0.6) is 0 Å². The quantitative estimate of drug-likeness (QED) is 0.595. The number of benzene rings is 1. The third-order valence-electron chi connectivity index (χ3n) is 5.94. The van der Waals surface area contributed by atoms with Crippen LogP contribution >= 0.6 is 0 Å². The first-order valence-electron chi connectivity index (χ1n) is 11.4. The van der Waals surface area contributed by atoms with Crippen molar-refractivity contribution >= 4 is 23.4 Å². The molecular formula is C25H31FN6O. The number of carbonyl (C=O) groups excluding carboxylic acids is 1. The number of hydrogen-bond acceptors (Lipinski definition) is 5. The molecule has 2 amide bonds. The molecule has 33 heavy (non-hydrogen) atoms. The average Bonchev–Trinajstić information content (AvgIpc) is 3.29. The SMILES string of the molecule is CN[C@H]1CCN(c2ccc(NC(=O)N3C=C(C)C=CC3)c(NCCc3cccc(F)c3)n2)C1. The number of rotatable bonds is 7. The highest BCUT2D eigenvalue weighted by molar-refractivity contribution is 5.93. The van der Waals surface area contributed by atoms with Crippen molar-refractivity contribution in [2.75, 3.05) is 48.8 Å². The fourth-order valence-electron chi connectivity index (χ4n) is 4.10. The summed E-state index contributed by atoms with van der Waals surface area (Å²) in [7, 11) is 1.98. The second kappa shape index (κ2) is 10.5. The van der Waals surface area contributed by atoms with Crippen LogP contribution in [0.2, 0.25) is 0 Å². The summed E-state index contributed by atoms with van der Waals surface area (Å²) in [4.78, 5) is 21.6. The molecule has 8 heteroatoms. The van der Waals surface area contributed by atoms with Gasteiger partial charge in [0, 0.05) is 38.4 Å². The lowest BCUT2D eigenvalue weighted by atomic mass is 10.1. The van der Waals surface area contributed by atoms with E-state index in [1.807, 2.05) is 50.5 Å². The van der Waals surface area contributed by atoms with E-state index in [-0.39, 0.29) is 11.8 Å². The van der Waals surface area contributed by atoms with Gasteiger partial charge in [-0.05, 0) is 62.2 Å². The van der Waals surface area contributed by atoms with Gasteiger partial charge in [-0.3, -0.25) is 4.90 Å². The van der Waals surface area contributed by atoms with Crippen LogP contribution in [-0.2, 0) is 6.42 Å². The van der Waals surface area contributed by atoms with E-state index in [1.165, 1.54) is 12.1 Å². The first kappa shape index (κ1) is 22.8. The zero-order valence-electron chi connectivity index (χ0n) is 19.1. The maximum Gasteiger partial charge on any atom is 0.326 e. The minimum absolute atomic E-state index is 0.210. The highest BCUT2D eigenvalue weighted by atomic mass is 19.1. The lowest BCUT2D eigenvalue weighted by molar-refractivity contribution is 0.231. The van der Waals surface area contributed by atoms with Gasteiger partial charge in [0.1, 0.15) is 11.6 Å². The van der Waals surface area contributed by atoms with E-state index in [0.29, 0.717) is 37.1 Å². The Morgan fingerprint density at radius 1 is 1.27 bits per heavy atom. The number of amides is 2. The predicted octanol–water partition coefficient (Wildman–Crippen LogP) is 3.98. The molecule has 3 N–H and O–H groups in total. The van der Waals surface area contributed by atoms with Crippen LogP contribution < -0.4 is 20.9 Å². The maximum atomic E-state index is 13.5. The molecule has 0 saturated carbocycles. The molecule has 2 aromatic rings. The first-order chi connectivity index (χ1) is 16.0. The summed E-state index contributed by atoms with van der Waals surface area (Å²) in [6.45, 7) is 4.86. The lowest BCUT2D eigenvalue weighted by Crippen LogP contribution is -2.32. The van der Waals surface area contributed by atoms with Gasteiger partial charge in [-0.15, -0.1) is 0 Å². The smallest absolute Gasteiger partial charge is 0.326 e. The van der Waals surface area contributed by atoms with Crippen LogP contribution in [0.15, 0.2) is 60.3 Å². The zero-order valence-corrected chi connectivity index (χ0v) is 19.1. The molecule has 0 aliphatic carbocycles. The van der Waals surface area contributed by atoms with Gasteiger partial charge in [0.25, 0.3) is 0 Å². The monoisotopic (exact) mass is 450 g/mol. The number of likely N-dealkylation sites (N-methyl/N-ethyl adjacent to an activating group) is 1. The molecular weight excluding hydrogens is 419 g/mol. The molecule has 0 radical (unpaired) electrons. The molecule has 7 nitrogen and oxygen atoms in total. The normalized spacial score (nSPS) is 17.8. The number of urea groups is 1. The summed E-state index contributed by atoms with van der Waals surface area (Å²) in [5, 5.41) is 9.66. The third kappa shape index (κ3) is 5.90. The Labute approximate surface area is 194 Å². The summed E-state index contributed by atoms with van der Waals surface area (Å²) in [5.74, 6) is 1.24. The summed E-state index contributed by atoms with van der Waals surface area (Å²) >= 11 is 0. The molecule has 4 rings (SSSR count). The van der Waals surface area contributed by atoms with Crippen LogP contribution in [0.3, 0.4) is 0 Å². The van der Waals surface area contributed by atoms with E-state index in [2.05, 4.69) is 20.9 Å². The van der Waals surface area contributed by atoms with Gasteiger partial charge in [0.2, 0.25) is 0 Å². The van der Waals surface area contributed by atoms with E-state index < -0.39 is 0 Å². The van der Waals surface area contributed by atoms with E-state index in [0.717, 1.165) is 36.5 Å². The van der Waals surface area contributed by atoms with Crippen molar-refractivity contribution < 1.29 is 9.18 Å². The van der Waals surface area contributed by atoms with Crippen molar-refractivity contribution in [3.05, 3.63) is 71.7 Å². The molecule has 0 unspecified atom stereocenters. The number of halogens is 1. The summed E-state index contributed by atoms with van der Waals surface area (Å²) in [6.07, 6.45) is 7.49. The predicted molar refractivity (Wildman–Crippen MR) is 131 cm³/mol. The molecule has 1 aromatic carbocycles. The number of nitrogens with zero attached hydrogens (tertiary/aromatic N) is 3. The number of allylic oxidation sites excluding steroid dienone is 2. The van der Waals surface area contributed by atoms with E-state index >= 15 is 0 Å². The number of pyridine rings is 1. The van der Waals surface area contributed by atoms with Gasteiger partial charge < -0.3 is 20.9 Å². The molecule has 1 saturated heterocycles. The number of aromatic nitrogens is 1. The van der Waals surface area contributed by atoms with Crippen LogP contribution in [-0.4, -0.2) is 55.2 Å². The second-order valence-corrected chi connectivity index (χ2v) is 8.45. The van der Waals surface area contributed by atoms with Gasteiger partial charge in [-0.1, -0.05) is 24.3 Å². The van der Waals surface area contributed by atoms with E-state index in [9.17, 15) is 9.18 Å². The minimum atomic E-state index is -0.243. The van der Waals surface area contributed by atoms with Crippen molar-refractivity contribution in [3.63, 3.8) is 0 Å². The highest BCUT2D eigenvalue weighted by Gasteiger charge is 2.23. The molecule has 1 fully saturated rings. The molecule has 0 spiro atoms. The maximum absolute atomic E-state index is 13.5. The molecule has 2 aliphatic heterocycles. The average molecular weight is 451 g/mol. The summed E-state index contributed by atoms with van der Waals surface area (Å²) < 4.78 is 13.5. The number of anilines is 3. The van der Waals surface area contributed by atoms with Gasteiger partial charge in [0.05, 0.1) is 5.69 Å². The molecule has 3 heterocycles. The van der Waals surface area contributed by atoms with E-state index in [1.54, 1.807) is 11.0 Å². The van der Waals surface area contributed by atoms with Gasteiger partial charge in [-0.25, -0.2) is 14.2 Å². The Bertz CT molecular complexity index is 1050. The zero-order chi connectivity index (χ0) is 23.2. The standard InChI is InChI=1S/C25H31FN6O/c1-18-5-4-13-32(16-18)25(33)29-22-8-9-23(31-14-11-21(17-31)27-2)30-24(22)28-12-10-19-6-3-7-20(26)15-19/h3-9,15-16,21,27H,10-14,17H2,1-2H3,(H,28,30)(H,29,33)/t21-/m0/s1. The van der Waals surface area contributed by atoms with Crippen molar-refractivity contribution in [1.29, 1.82) is 0 Å². The topological polar surface area (TPSA) is 72.5 Å². The molecule has 1 atom stereocenters. The van der Waals surface area contributed by atoms with Crippen LogP contribution in [0.25, 0.3) is 0 Å². The Kier molecular flexibility index (Phi) is 7.24. The Morgan fingerprint density at radius 2 is 2.15 bits per heavy atom. The van der Waals surface area contributed by atoms with Crippen LogP contribution in [0, 0.1) is 5.82 Å². The Balaban J connectivity index is 1.50. The lowest BCUT2D eigenvalue weighted by Gasteiger charge is -2.23. The molecule has 1 aromatic heterocycles. The van der Waals surface area contributed by atoms with Gasteiger partial charge >= 0.3 is 6.03 Å².